The van der Waals surface area contributed by atoms with Crippen molar-refractivity contribution in [3.05, 3.63) is 35.4 Å². The van der Waals surface area contributed by atoms with Crippen LogP contribution in [0, 0.1) is 11.6 Å². The summed E-state index contributed by atoms with van der Waals surface area (Å²) in [5.74, 6) is -2.37. The molecule has 1 amide bonds. The highest BCUT2D eigenvalue weighted by atomic mass is 19.1. The fraction of sp³-hybridized carbons (Fsp3) is 0.611. The van der Waals surface area contributed by atoms with Gasteiger partial charge in [-0.05, 0) is 37.8 Å². The highest BCUT2D eigenvalue weighted by Gasteiger charge is 2.32. The number of aliphatic hydroxyl groups excluding tert-OH is 1. The summed E-state index contributed by atoms with van der Waals surface area (Å²) in [5.41, 5.74) is -0.511. The first-order chi connectivity index (χ1) is 11.6. The molecule has 2 aliphatic rings. The zero-order valence-electron chi connectivity index (χ0n) is 13.7. The number of hydrogen-bond acceptors (Lipinski definition) is 3. The molecule has 1 saturated carbocycles. The van der Waals surface area contributed by atoms with Crippen molar-refractivity contribution >= 4 is 5.91 Å². The lowest BCUT2D eigenvalue weighted by Crippen LogP contribution is -2.52. The molecule has 0 radical (unpaired) electrons. The first-order valence-electron chi connectivity index (χ1n) is 8.73. The molecule has 6 heteroatoms. The Morgan fingerprint density at radius 1 is 1.08 bits per heavy atom. The van der Waals surface area contributed by atoms with Crippen LogP contribution in [0.3, 0.4) is 0 Å². The average Bonchev–Trinajstić information content (AvgIpc) is 2.56. The van der Waals surface area contributed by atoms with Crippen LogP contribution >= 0.6 is 0 Å². The van der Waals surface area contributed by atoms with Gasteiger partial charge in [0.1, 0.15) is 17.2 Å². The second-order valence-corrected chi connectivity index (χ2v) is 6.80. The van der Waals surface area contributed by atoms with Crippen LogP contribution < -0.4 is 5.32 Å². The largest absolute Gasteiger partial charge is 0.391 e. The number of rotatable bonds is 3. The van der Waals surface area contributed by atoms with Crippen molar-refractivity contribution in [1.29, 1.82) is 0 Å². The standard InChI is InChI=1S/C18H24F2N2O2/c19-13-4-3-5-14(20)17(13)18(24)21-12-8-10-22(11-9-12)15-6-1-2-7-16(15)23/h3-5,12,15-16,23H,1-2,6-11H2,(H,21,24). The molecule has 0 bridgehead atoms. The van der Waals surface area contributed by atoms with E-state index >= 15 is 0 Å². The zero-order chi connectivity index (χ0) is 17.1. The quantitative estimate of drug-likeness (QED) is 0.890. The van der Waals surface area contributed by atoms with E-state index in [0.29, 0.717) is 0 Å². The summed E-state index contributed by atoms with van der Waals surface area (Å²) >= 11 is 0. The van der Waals surface area contributed by atoms with E-state index in [1.165, 1.54) is 6.07 Å². The summed E-state index contributed by atoms with van der Waals surface area (Å²) < 4.78 is 27.3. The Labute approximate surface area is 140 Å². The Bertz CT molecular complexity index is 568. The monoisotopic (exact) mass is 338 g/mol. The number of likely N-dealkylation sites (tertiary alicyclic amines) is 1. The minimum Gasteiger partial charge on any atom is -0.391 e. The van der Waals surface area contributed by atoms with Crippen LogP contribution in [-0.4, -0.2) is 47.2 Å². The first-order valence-corrected chi connectivity index (χ1v) is 8.73. The van der Waals surface area contributed by atoms with Crippen LogP contribution in [0.15, 0.2) is 18.2 Å². The summed E-state index contributed by atoms with van der Waals surface area (Å²) in [6, 6.07) is 3.54. The highest BCUT2D eigenvalue weighted by Crippen LogP contribution is 2.26. The number of halogens is 2. The third kappa shape index (κ3) is 3.75. The fourth-order valence-corrected chi connectivity index (χ4v) is 3.87. The number of benzene rings is 1. The summed E-state index contributed by atoms with van der Waals surface area (Å²) in [7, 11) is 0. The van der Waals surface area contributed by atoms with E-state index in [1.807, 2.05) is 0 Å². The number of nitrogens with zero attached hydrogens (tertiary/aromatic N) is 1. The molecule has 0 spiro atoms. The second kappa shape index (κ2) is 7.57. The maximum atomic E-state index is 13.7. The minimum atomic E-state index is -0.838. The lowest BCUT2D eigenvalue weighted by Gasteiger charge is -2.41. The van der Waals surface area contributed by atoms with Gasteiger partial charge in [0.05, 0.1) is 6.10 Å². The number of hydrogen-bond donors (Lipinski definition) is 2. The molecule has 2 atom stereocenters. The van der Waals surface area contributed by atoms with Gasteiger partial charge in [0.2, 0.25) is 0 Å². The average molecular weight is 338 g/mol. The lowest BCUT2D eigenvalue weighted by molar-refractivity contribution is 0.00725. The van der Waals surface area contributed by atoms with Crippen molar-refractivity contribution in [2.75, 3.05) is 13.1 Å². The molecule has 4 nitrogen and oxygen atoms in total. The van der Waals surface area contributed by atoms with Gasteiger partial charge in [-0.3, -0.25) is 9.69 Å². The van der Waals surface area contributed by atoms with E-state index in [2.05, 4.69) is 10.2 Å². The van der Waals surface area contributed by atoms with Crippen molar-refractivity contribution in [3.63, 3.8) is 0 Å². The van der Waals surface area contributed by atoms with Gasteiger partial charge in [-0.2, -0.15) is 0 Å². The molecule has 2 unspecified atom stereocenters. The van der Waals surface area contributed by atoms with Crippen LogP contribution in [0.25, 0.3) is 0 Å². The Morgan fingerprint density at radius 2 is 1.71 bits per heavy atom. The number of nitrogens with one attached hydrogen (secondary N) is 1. The molecule has 132 valence electrons. The van der Waals surface area contributed by atoms with Gasteiger partial charge in [-0.25, -0.2) is 8.78 Å². The number of carbonyl (C=O) groups excluding carboxylic acids is 1. The predicted octanol–water partition coefficient (Wildman–Crippen LogP) is 2.46. The maximum absolute atomic E-state index is 13.7. The van der Waals surface area contributed by atoms with Crippen molar-refractivity contribution in [3.8, 4) is 0 Å². The smallest absolute Gasteiger partial charge is 0.257 e. The lowest BCUT2D eigenvalue weighted by atomic mass is 9.89. The summed E-state index contributed by atoms with van der Waals surface area (Å²) in [6.07, 6.45) is 5.28. The molecule has 1 heterocycles. The van der Waals surface area contributed by atoms with Crippen LogP contribution in [0.2, 0.25) is 0 Å². The SMILES string of the molecule is O=C(NC1CCN(C2CCCCC2O)CC1)c1c(F)cccc1F. The van der Waals surface area contributed by atoms with E-state index in [9.17, 15) is 18.7 Å². The molecular formula is C18H24F2N2O2. The summed E-state index contributed by atoms with van der Waals surface area (Å²) in [6.45, 7) is 1.57. The molecule has 1 aromatic rings. The Hall–Kier alpha value is -1.53. The predicted molar refractivity (Wildman–Crippen MR) is 86.7 cm³/mol. The van der Waals surface area contributed by atoms with Gasteiger partial charge >= 0.3 is 0 Å². The van der Waals surface area contributed by atoms with Crippen LogP contribution in [0.4, 0.5) is 8.78 Å². The highest BCUT2D eigenvalue weighted by molar-refractivity contribution is 5.94. The molecule has 3 rings (SSSR count). The number of aliphatic hydroxyl groups is 1. The topological polar surface area (TPSA) is 52.6 Å². The van der Waals surface area contributed by atoms with Gasteiger partial charge in [0, 0.05) is 25.2 Å². The van der Waals surface area contributed by atoms with Crippen LogP contribution in [0.5, 0.6) is 0 Å². The van der Waals surface area contributed by atoms with Crippen molar-refractivity contribution in [2.24, 2.45) is 0 Å². The normalized spacial score (nSPS) is 26.3. The van der Waals surface area contributed by atoms with Gasteiger partial charge < -0.3 is 10.4 Å². The van der Waals surface area contributed by atoms with E-state index < -0.39 is 23.1 Å². The number of piperidine rings is 1. The summed E-state index contributed by atoms with van der Waals surface area (Å²) in [4.78, 5) is 14.4. The summed E-state index contributed by atoms with van der Waals surface area (Å²) in [5, 5.41) is 12.9. The van der Waals surface area contributed by atoms with E-state index in [4.69, 9.17) is 0 Å². The molecular weight excluding hydrogens is 314 g/mol. The molecule has 1 aliphatic heterocycles. The molecule has 1 saturated heterocycles. The molecule has 2 fully saturated rings. The van der Waals surface area contributed by atoms with Crippen LogP contribution in [-0.2, 0) is 0 Å². The Kier molecular flexibility index (Phi) is 5.46. The maximum Gasteiger partial charge on any atom is 0.257 e. The fourth-order valence-electron chi connectivity index (χ4n) is 3.87. The third-order valence-electron chi connectivity index (χ3n) is 5.22. The van der Waals surface area contributed by atoms with Crippen molar-refractivity contribution in [1.82, 2.24) is 10.2 Å². The second-order valence-electron chi connectivity index (χ2n) is 6.80. The Morgan fingerprint density at radius 3 is 2.33 bits per heavy atom. The molecule has 0 aromatic heterocycles. The van der Waals surface area contributed by atoms with Gasteiger partial charge in [-0.1, -0.05) is 18.9 Å². The van der Waals surface area contributed by atoms with Crippen molar-refractivity contribution in [2.45, 2.75) is 56.7 Å². The van der Waals surface area contributed by atoms with E-state index in [-0.39, 0.29) is 18.2 Å². The number of carbonyl (C=O) groups is 1. The van der Waals surface area contributed by atoms with E-state index in [0.717, 1.165) is 63.7 Å². The van der Waals surface area contributed by atoms with Gasteiger partial charge in [0.25, 0.3) is 5.91 Å². The van der Waals surface area contributed by atoms with Crippen LogP contribution in [0.1, 0.15) is 48.9 Å². The zero-order valence-corrected chi connectivity index (χ0v) is 13.7. The number of amides is 1. The molecule has 1 aliphatic carbocycles. The van der Waals surface area contributed by atoms with E-state index in [1.54, 1.807) is 0 Å². The molecule has 24 heavy (non-hydrogen) atoms. The van der Waals surface area contributed by atoms with Crippen molar-refractivity contribution < 1.29 is 18.7 Å². The third-order valence-corrected chi connectivity index (χ3v) is 5.22. The Balaban J connectivity index is 1.54. The van der Waals surface area contributed by atoms with Gasteiger partial charge in [0.15, 0.2) is 0 Å². The first kappa shape index (κ1) is 17.3. The molecule has 2 N–H and O–H groups in total. The van der Waals surface area contributed by atoms with Gasteiger partial charge in [-0.15, -0.1) is 0 Å². The molecule has 1 aromatic carbocycles. The minimum absolute atomic E-state index is 0.0894.